The van der Waals surface area contributed by atoms with Gasteiger partial charge < -0.3 is 4.42 Å². The van der Waals surface area contributed by atoms with Crippen LogP contribution in [0.1, 0.15) is 16.2 Å². The van der Waals surface area contributed by atoms with E-state index in [4.69, 9.17) is 4.42 Å². The number of pyridine rings is 1. The number of aromatic nitrogens is 7. The SMILES string of the molecule is Cc1cccnc1-c1coc(NC(=O)c2ncnn2-c2ncccn2)n1. The molecule has 0 aliphatic carbocycles. The minimum atomic E-state index is -0.555. The van der Waals surface area contributed by atoms with E-state index < -0.39 is 5.91 Å². The summed E-state index contributed by atoms with van der Waals surface area (Å²) in [6.07, 6.45) is 7.42. The number of nitrogens with one attached hydrogen (secondary N) is 1. The van der Waals surface area contributed by atoms with E-state index in [1.54, 1.807) is 24.7 Å². The van der Waals surface area contributed by atoms with Crippen molar-refractivity contribution in [1.82, 2.24) is 34.7 Å². The molecule has 1 amide bonds. The van der Waals surface area contributed by atoms with Crippen LogP contribution in [-0.4, -0.2) is 40.6 Å². The van der Waals surface area contributed by atoms with Crippen LogP contribution in [0.4, 0.5) is 6.01 Å². The lowest BCUT2D eigenvalue weighted by Crippen LogP contribution is -2.19. The van der Waals surface area contributed by atoms with Crippen molar-refractivity contribution >= 4 is 11.9 Å². The second kappa shape index (κ2) is 6.51. The smallest absolute Gasteiger partial charge is 0.302 e. The molecule has 4 aromatic rings. The lowest BCUT2D eigenvalue weighted by atomic mass is 10.2. The number of carbonyl (C=O) groups is 1. The number of oxazole rings is 1. The highest BCUT2D eigenvalue weighted by Crippen LogP contribution is 2.21. The fraction of sp³-hybridized carbons (Fsp3) is 0.0625. The van der Waals surface area contributed by atoms with Crippen LogP contribution >= 0.6 is 0 Å². The normalized spacial score (nSPS) is 10.7. The molecule has 0 aliphatic rings. The topological polar surface area (TPSA) is 125 Å². The number of hydrogen-bond acceptors (Lipinski definition) is 8. The second-order valence-electron chi connectivity index (χ2n) is 5.21. The van der Waals surface area contributed by atoms with Crippen molar-refractivity contribution in [3.63, 3.8) is 0 Å². The first-order valence-corrected chi connectivity index (χ1v) is 7.58. The molecule has 10 nitrogen and oxygen atoms in total. The zero-order valence-electron chi connectivity index (χ0n) is 13.6. The monoisotopic (exact) mass is 348 g/mol. The second-order valence-corrected chi connectivity index (χ2v) is 5.21. The Morgan fingerprint density at radius 2 is 1.92 bits per heavy atom. The predicted octanol–water partition coefficient (Wildman–Crippen LogP) is 1.67. The van der Waals surface area contributed by atoms with Gasteiger partial charge in [0.15, 0.2) is 0 Å². The van der Waals surface area contributed by atoms with Crippen molar-refractivity contribution in [1.29, 1.82) is 0 Å². The summed E-state index contributed by atoms with van der Waals surface area (Å²) in [7, 11) is 0. The average molecular weight is 348 g/mol. The van der Waals surface area contributed by atoms with Gasteiger partial charge in [0, 0.05) is 18.6 Å². The third-order valence-corrected chi connectivity index (χ3v) is 3.47. The van der Waals surface area contributed by atoms with E-state index in [1.807, 2.05) is 19.1 Å². The molecule has 0 bridgehead atoms. The number of anilines is 1. The summed E-state index contributed by atoms with van der Waals surface area (Å²) in [4.78, 5) is 33.0. The van der Waals surface area contributed by atoms with Gasteiger partial charge in [0.05, 0.1) is 5.69 Å². The molecule has 0 saturated carbocycles. The summed E-state index contributed by atoms with van der Waals surface area (Å²) >= 11 is 0. The molecule has 0 atom stereocenters. The molecule has 0 unspecified atom stereocenters. The van der Waals surface area contributed by atoms with Crippen LogP contribution in [0, 0.1) is 6.92 Å². The zero-order chi connectivity index (χ0) is 17.9. The first-order chi connectivity index (χ1) is 12.7. The molecule has 0 spiro atoms. The van der Waals surface area contributed by atoms with Crippen molar-refractivity contribution in [2.45, 2.75) is 6.92 Å². The third-order valence-electron chi connectivity index (χ3n) is 3.47. The summed E-state index contributed by atoms with van der Waals surface area (Å²) < 4.78 is 6.54. The maximum absolute atomic E-state index is 12.5. The van der Waals surface area contributed by atoms with Gasteiger partial charge in [0.25, 0.3) is 11.9 Å². The lowest BCUT2D eigenvalue weighted by molar-refractivity contribution is 0.101. The summed E-state index contributed by atoms with van der Waals surface area (Å²) in [5.41, 5.74) is 2.14. The Labute approximate surface area is 147 Å². The molecule has 4 aromatic heterocycles. The van der Waals surface area contributed by atoms with Crippen LogP contribution in [-0.2, 0) is 0 Å². The predicted molar refractivity (Wildman–Crippen MR) is 89.4 cm³/mol. The number of amides is 1. The number of nitrogens with zero attached hydrogens (tertiary/aromatic N) is 7. The first kappa shape index (κ1) is 15.6. The Kier molecular flexibility index (Phi) is 3.90. The van der Waals surface area contributed by atoms with E-state index in [0.29, 0.717) is 11.4 Å². The summed E-state index contributed by atoms with van der Waals surface area (Å²) in [6.45, 7) is 1.91. The fourth-order valence-corrected chi connectivity index (χ4v) is 2.29. The van der Waals surface area contributed by atoms with E-state index in [2.05, 4.69) is 35.3 Å². The minimum Gasteiger partial charge on any atom is -0.431 e. The molecule has 10 heteroatoms. The van der Waals surface area contributed by atoms with Gasteiger partial charge in [-0.15, -0.1) is 0 Å². The van der Waals surface area contributed by atoms with Gasteiger partial charge in [-0.05, 0) is 24.6 Å². The van der Waals surface area contributed by atoms with E-state index in [9.17, 15) is 4.79 Å². The maximum atomic E-state index is 12.5. The molecule has 4 heterocycles. The molecule has 1 N–H and O–H groups in total. The van der Waals surface area contributed by atoms with E-state index in [-0.39, 0.29) is 17.8 Å². The van der Waals surface area contributed by atoms with Gasteiger partial charge in [-0.1, -0.05) is 6.07 Å². The molecule has 4 rings (SSSR count). The first-order valence-electron chi connectivity index (χ1n) is 7.58. The molecule has 0 fully saturated rings. The van der Waals surface area contributed by atoms with E-state index in [0.717, 1.165) is 5.56 Å². The average Bonchev–Trinajstić information content (AvgIpc) is 3.32. The van der Waals surface area contributed by atoms with Gasteiger partial charge in [-0.3, -0.25) is 15.1 Å². The fourth-order valence-electron chi connectivity index (χ4n) is 2.29. The van der Waals surface area contributed by atoms with Gasteiger partial charge in [0.2, 0.25) is 5.82 Å². The largest absolute Gasteiger partial charge is 0.431 e. The Hall–Kier alpha value is -3.95. The quantitative estimate of drug-likeness (QED) is 0.590. The molecule has 0 radical (unpaired) electrons. The van der Waals surface area contributed by atoms with Crippen LogP contribution in [0.5, 0.6) is 0 Å². The standard InChI is InChI=1S/C16H12N8O2/c1-10-4-2-5-17-12(10)11-8-26-16(22-11)23-14(25)13-20-9-21-24(13)15-18-6-3-7-19-15/h2-9H,1H3,(H,22,23,25). The Balaban J connectivity index is 1.57. The van der Waals surface area contributed by atoms with Crippen LogP contribution in [0.25, 0.3) is 17.3 Å². The molecule has 0 saturated heterocycles. The Morgan fingerprint density at radius 1 is 1.12 bits per heavy atom. The van der Waals surface area contributed by atoms with Gasteiger partial charge in [-0.2, -0.15) is 14.8 Å². The maximum Gasteiger partial charge on any atom is 0.302 e. The number of carbonyl (C=O) groups excluding carboxylic acids is 1. The highest BCUT2D eigenvalue weighted by atomic mass is 16.4. The molecule has 0 aliphatic heterocycles. The Morgan fingerprint density at radius 3 is 2.73 bits per heavy atom. The van der Waals surface area contributed by atoms with Gasteiger partial charge >= 0.3 is 6.01 Å². The van der Waals surface area contributed by atoms with Gasteiger partial charge in [-0.25, -0.2) is 15.0 Å². The molecular formula is C16H12N8O2. The van der Waals surface area contributed by atoms with Crippen LogP contribution in [0.15, 0.2) is 53.8 Å². The van der Waals surface area contributed by atoms with E-state index >= 15 is 0 Å². The summed E-state index contributed by atoms with van der Waals surface area (Å²) in [5, 5.41) is 6.51. The minimum absolute atomic E-state index is 0.00460. The van der Waals surface area contributed by atoms with Crippen molar-refractivity contribution in [3.8, 4) is 17.3 Å². The molecule has 128 valence electrons. The lowest BCUT2D eigenvalue weighted by Gasteiger charge is -2.02. The number of rotatable bonds is 4. The van der Waals surface area contributed by atoms with Gasteiger partial charge in [0.1, 0.15) is 18.3 Å². The summed E-state index contributed by atoms with van der Waals surface area (Å²) in [6, 6.07) is 5.43. The van der Waals surface area contributed by atoms with Crippen molar-refractivity contribution in [2.24, 2.45) is 0 Å². The summed E-state index contributed by atoms with van der Waals surface area (Å²) in [5.74, 6) is -0.321. The molecule has 26 heavy (non-hydrogen) atoms. The number of aryl methyl sites for hydroxylation is 1. The number of hydrogen-bond donors (Lipinski definition) is 1. The third kappa shape index (κ3) is 2.90. The van der Waals surface area contributed by atoms with Crippen molar-refractivity contribution < 1.29 is 9.21 Å². The highest BCUT2D eigenvalue weighted by Gasteiger charge is 2.19. The van der Waals surface area contributed by atoms with Crippen LogP contribution in [0.3, 0.4) is 0 Å². The highest BCUT2D eigenvalue weighted by molar-refractivity contribution is 6.00. The van der Waals surface area contributed by atoms with Crippen molar-refractivity contribution in [2.75, 3.05) is 5.32 Å². The Bertz CT molecular complexity index is 1060. The molecular weight excluding hydrogens is 336 g/mol. The van der Waals surface area contributed by atoms with Crippen molar-refractivity contribution in [3.05, 3.63) is 60.8 Å². The van der Waals surface area contributed by atoms with Crippen LogP contribution in [0.2, 0.25) is 0 Å². The van der Waals surface area contributed by atoms with E-state index in [1.165, 1.54) is 17.3 Å². The molecule has 0 aromatic carbocycles. The van der Waals surface area contributed by atoms with Crippen LogP contribution < -0.4 is 5.32 Å². The zero-order valence-corrected chi connectivity index (χ0v) is 13.6.